The van der Waals surface area contributed by atoms with Gasteiger partial charge in [0, 0.05) is 22.3 Å². The molecule has 4 amide bonds. The normalized spacial score (nSPS) is 17.6. The van der Waals surface area contributed by atoms with Crippen LogP contribution in [0.15, 0.2) is 265 Å². The summed E-state index contributed by atoms with van der Waals surface area (Å²) in [5.41, 5.74) is 7.24. The number of anilines is 4. The predicted octanol–water partition coefficient (Wildman–Crippen LogP) is 16.9. The molecule has 4 aliphatic heterocycles. The van der Waals surface area contributed by atoms with E-state index in [0.29, 0.717) is 79.2 Å². The summed E-state index contributed by atoms with van der Waals surface area (Å²) in [5, 5.41) is 76.5. The molecule has 4 fully saturated rings. The van der Waals surface area contributed by atoms with Crippen LogP contribution in [0.4, 0.5) is 49.6 Å². The summed E-state index contributed by atoms with van der Waals surface area (Å²) in [6.07, 6.45) is -9.76. The second kappa shape index (κ2) is 40.0. The topological polar surface area (TPSA) is 389 Å². The van der Waals surface area contributed by atoms with Crippen molar-refractivity contribution < 1.29 is 114 Å². The molecule has 30 nitrogen and oxygen atoms in total. The molecule has 0 bridgehead atoms. The van der Waals surface area contributed by atoms with Gasteiger partial charge in [-0.25, -0.2) is 0 Å². The highest BCUT2D eigenvalue weighted by molar-refractivity contribution is 6.54. The Kier molecular flexibility index (Phi) is 28.3. The van der Waals surface area contributed by atoms with E-state index in [1.54, 1.807) is 206 Å². The third-order valence-electron chi connectivity index (χ3n) is 21.5. The molecular formula is C98H82F6N12O18. The lowest BCUT2D eigenvalue weighted by Crippen LogP contribution is -2.30. The number of alkyl halides is 6. The molecule has 134 heavy (non-hydrogen) atoms. The first-order valence-corrected chi connectivity index (χ1v) is 40.8. The van der Waals surface area contributed by atoms with Crippen molar-refractivity contribution >= 4 is 93.1 Å². The first kappa shape index (κ1) is 94.8. The number of ether oxygens (including phenoxy) is 6. The van der Waals surface area contributed by atoms with Crippen LogP contribution in [0, 0.1) is 34.6 Å². The molecule has 36 heteroatoms. The minimum atomic E-state index is -4.88. The van der Waals surface area contributed by atoms with Gasteiger partial charge in [-0.05, 0) is 226 Å². The van der Waals surface area contributed by atoms with E-state index in [2.05, 4.69) is 50.3 Å². The number of ketones is 4. The van der Waals surface area contributed by atoms with Crippen molar-refractivity contribution in [1.82, 2.24) is 40.8 Å². The van der Waals surface area contributed by atoms with Crippen molar-refractivity contribution in [1.29, 1.82) is 0 Å². The first-order chi connectivity index (χ1) is 63.9. The number of rotatable bonds is 19. The summed E-state index contributed by atoms with van der Waals surface area (Å²) in [6.45, 7) is 13.0. The quantitative estimate of drug-likeness (QED) is 0.0253. The second-order valence-electron chi connectivity index (χ2n) is 30.7. The average molecular weight is 1830 g/mol. The highest BCUT2D eigenvalue weighted by atomic mass is 19.4. The van der Waals surface area contributed by atoms with Crippen molar-refractivity contribution in [3.05, 3.63) is 343 Å². The van der Waals surface area contributed by atoms with E-state index in [1.165, 1.54) is 42.2 Å². The van der Waals surface area contributed by atoms with Gasteiger partial charge in [0.1, 0.15) is 57.5 Å². The van der Waals surface area contributed by atoms with Crippen molar-refractivity contribution in [2.75, 3.05) is 48.0 Å². The molecule has 4 aromatic heterocycles. The van der Waals surface area contributed by atoms with Gasteiger partial charge in [0.25, 0.3) is 23.1 Å². The number of benzene rings is 8. The fourth-order valence-corrected chi connectivity index (χ4v) is 14.8. The van der Waals surface area contributed by atoms with Gasteiger partial charge in [0.15, 0.2) is 23.3 Å². The summed E-state index contributed by atoms with van der Waals surface area (Å²) >= 11 is 0. The van der Waals surface area contributed by atoms with Gasteiger partial charge in [-0.15, -0.1) is 46.7 Å². The number of amides is 4. The maximum Gasteiger partial charge on any atom is 0.573 e. The molecule has 4 aliphatic rings. The lowest BCUT2D eigenvalue weighted by atomic mass is 9.93. The monoisotopic (exact) mass is 1830 g/mol. The Balaban J connectivity index is 0.000000152. The zero-order valence-corrected chi connectivity index (χ0v) is 73.1. The number of hydrogen-bond acceptors (Lipinski definition) is 26. The fraction of sp³-hybridized carbons (Fsp3) is 0.184. The van der Waals surface area contributed by atoms with Crippen LogP contribution in [-0.2, 0) is 38.4 Å². The van der Waals surface area contributed by atoms with Crippen LogP contribution in [-0.4, -0.2) is 149 Å². The Bertz CT molecular complexity index is 6550. The Hall–Kier alpha value is -16.8. The third-order valence-corrected chi connectivity index (χ3v) is 21.5. The van der Waals surface area contributed by atoms with Crippen LogP contribution in [0.25, 0.3) is 23.0 Å². The van der Waals surface area contributed by atoms with Crippen LogP contribution < -0.4 is 48.0 Å². The number of carbonyl (C=O) groups excluding carboxylic acids is 8. The number of aliphatic hydroxyl groups excluding tert-OH is 4. The number of methoxy groups -OCH3 is 4. The van der Waals surface area contributed by atoms with Gasteiger partial charge in [0.05, 0.1) is 97.7 Å². The van der Waals surface area contributed by atoms with Gasteiger partial charge >= 0.3 is 36.4 Å². The van der Waals surface area contributed by atoms with Crippen molar-refractivity contribution in [2.45, 2.75) is 91.3 Å². The Morgan fingerprint density at radius 1 is 0.284 bits per heavy atom. The number of hydrogen-bond donors (Lipinski definition) is 4. The van der Waals surface area contributed by atoms with E-state index >= 15 is 0 Å². The molecule has 8 heterocycles. The second-order valence-corrected chi connectivity index (χ2v) is 30.7. The molecule has 684 valence electrons. The van der Waals surface area contributed by atoms with Crippen molar-refractivity contribution in [3.8, 4) is 34.5 Å². The van der Waals surface area contributed by atoms with Crippen LogP contribution in [0.5, 0.6) is 34.5 Å². The van der Waals surface area contributed by atoms with Gasteiger partial charge in [-0.3, -0.25) is 58.0 Å². The van der Waals surface area contributed by atoms with E-state index < -0.39 is 107 Å². The number of Topliss-reactive ketones (excluding diaryl/α,β-unsaturated/α-hetero) is 4. The average Bonchev–Trinajstić information content (AvgIpc) is 1.61. The zero-order valence-electron chi connectivity index (χ0n) is 73.1. The highest BCUT2D eigenvalue weighted by Gasteiger charge is 2.52. The molecule has 4 N–H and O–H groups in total. The highest BCUT2D eigenvalue weighted by Crippen LogP contribution is 2.48. The minimum Gasteiger partial charge on any atom is -0.507 e. The fourth-order valence-electron chi connectivity index (χ4n) is 14.8. The molecule has 0 radical (unpaired) electrons. The maximum atomic E-state index is 13.2. The van der Waals surface area contributed by atoms with Gasteiger partial charge in [-0.2, -0.15) is 20.4 Å². The van der Waals surface area contributed by atoms with Gasteiger partial charge in [-0.1, -0.05) is 104 Å². The Morgan fingerprint density at radius 2 is 0.485 bits per heavy atom. The summed E-state index contributed by atoms with van der Waals surface area (Å²) in [4.78, 5) is 109. The molecule has 12 aromatic rings. The van der Waals surface area contributed by atoms with Crippen molar-refractivity contribution in [2.24, 2.45) is 0 Å². The van der Waals surface area contributed by atoms with Crippen LogP contribution in [0.3, 0.4) is 0 Å². The molecule has 4 saturated heterocycles. The largest absolute Gasteiger partial charge is 0.573 e. The SMILES string of the molecule is COc1ccc(C(O)=C2C(=O)C(=O)N(c3ccc(C)nn3)C2c2ccc(OC)cc2)cc1.COc1ccc(C2C(=C(O)c3ccc(C)cc3)C(=O)C(=O)N2c2ccc(C)nn2)cc1.COc1ccc(C2C(=C(O)c3ccc(OC(F)(F)F)cc3)C(=O)C(=O)N2c2ccc(C)nn2)cc1.Cc1ccc(N2C(=O)C(=O)C(=C(O)c3ccc(OC(F)(F)F)cc3)C2c2ccc(C(C)C)cc2)nn1. The Labute approximate surface area is 761 Å². The zero-order chi connectivity index (χ0) is 96.5. The number of nitrogens with zero attached hydrogens (tertiary/aromatic N) is 12. The van der Waals surface area contributed by atoms with Gasteiger partial charge in [0.2, 0.25) is 0 Å². The number of aromatic nitrogens is 8. The third kappa shape index (κ3) is 20.7. The van der Waals surface area contributed by atoms with E-state index in [9.17, 15) is 85.1 Å². The Morgan fingerprint density at radius 3 is 0.679 bits per heavy atom. The van der Waals surface area contributed by atoms with Crippen LogP contribution in [0.2, 0.25) is 0 Å². The molecule has 4 atom stereocenters. The molecule has 16 rings (SSSR count). The molecule has 8 aromatic carbocycles. The molecule has 0 saturated carbocycles. The standard InChI is InChI=1S/C26H22F3N3O4.C24H18F3N3O5.C24H21N3O5.C24H21N3O4/c1-14(2)16-5-7-17(8-6-16)22-21(23(33)18-9-11-19(12-10-18)36-26(27,28)29)24(34)25(35)32(22)20-13-4-15(3)30-31-20;1-13-3-12-18(29-28-13)30-20(14-4-8-16(34-2)9-5-14)19(22(32)23(30)33)21(31)15-6-10-17(11-7-15)35-24(25,26)27;1-14-4-13-19(26-25-14)27-21(15-5-9-17(31-2)10-6-15)20(23(29)24(27)30)22(28)16-7-11-18(32-3)12-8-16;1-14-4-7-17(8-5-14)22(28)20-21(16-9-11-18(31-3)12-10-16)27(24(30)23(20)29)19-13-6-15(2)25-26-19/h4-14,22,33H,1-3H3;3-12,20,31H,1-2H3;4-13,21,28H,1-3H3;4-13,21,28H,1-3H3. The summed E-state index contributed by atoms with van der Waals surface area (Å²) in [7, 11) is 6.12. The van der Waals surface area contributed by atoms with E-state index in [1.807, 2.05) is 45.0 Å². The number of aryl methyl sites for hydroxylation is 5. The molecule has 0 spiro atoms. The smallest absolute Gasteiger partial charge is 0.507 e. The summed E-state index contributed by atoms with van der Waals surface area (Å²) in [6, 6.07) is 59.1. The first-order valence-electron chi connectivity index (χ1n) is 40.8. The van der Waals surface area contributed by atoms with Crippen LogP contribution in [0.1, 0.15) is 122 Å². The molecule has 0 aliphatic carbocycles. The summed E-state index contributed by atoms with van der Waals surface area (Å²) in [5.74, 6) is -6.27. The van der Waals surface area contributed by atoms with Crippen molar-refractivity contribution in [3.63, 3.8) is 0 Å². The maximum absolute atomic E-state index is 13.2. The minimum absolute atomic E-state index is 0.00129. The van der Waals surface area contributed by atoms with Gasteiger partial charge < -0.3 is 48.8 Å². The number of halogens is 6. The van der Waals surface area contributed by atoms with Crippen LogP contribution >= 0.6 is 0 Å². The number of carbonyl (C=O) groups is 8. The molecular weight excluding hydrogens is 1750 g/mol. The summed E-state index contributed by atoms with van der Waals surface area (Å²) < 4.78 is 103. The van der Waals surface area contributed by atoms with E-state index in [4.69, 9.17) is 18.9 Å². The van der Waals surface area contributed by atoms with E-state index in [-0.39, 0.29) is 74.1 Å². The number of aliphatic hydroxyl groups is 4. The lowest BCUT2D eigenvalue weighted by Gasteiger charge is -2.24. The van der Waals surface area contributed by atoms with E-state index in [0.717, 1.165) is 57.3 Å². The lowest BCUT2D eigenvalue weighted by molar-refractivity contribution is -0.275. The predicted molar refractivity (Wildman–Crippen MR) is 476 cm³/mol. The molecule has 4 unspecified atom stereocenters.